The lowest BCUT2D eigenvalue weighted by molar-refractivity contribution is 0.601. The Kier molecular flexibility index (Phi) is 3.75. The van der Waals surface area contributed by atoms with Crippen LogP contribution < -0.4 is 10.5 Å². The van der Waals surface area contributed by atoms with Crippen molar-refractivity contribution in [3.63, 3.8) is 0 Å². The van der Waals surface area contributed by atoms with Gasteiger partial charge in [0.05, 0.1) is 10.7 Å². The first-order valence-corrected chi connectivity index (χ1v) is 8.12. The van der Waals surface area contributed by atoms with Crippen molar-refractivity contribution in [1.29, 1.82) is 0 Å². The molecule has 1 aromatic heterocycles. The minimum absolute atomic E-state index is 0.272. The normalized spacial score (nSPS) is 11.5. The zero-order chi connectivity index (χ0) is 14.2. The highest BCUT2D eigenvalue weighted by Crippen LogP contribution is 2.30. The van der Waals surface area contributed by atoms with E-state index in [-0.39, 0.29) is 10.6 Å². The fourth-order valence-corrected chi connectivity index (χ4v) is 4.54. The van der Waals surface area contributed by atoms with Crippen molar-refractivity contribution >= 4 is 44.3 Å². The summed E-state index contributed by atoms with van der Waals surface area (Å²) >= 11 is 7.39. The van der Waals surface area contributed by atoms with E-state index in [1.54, 1.807) is 25.1 Å². The number of rotatable bonds is 3. The number of halogens is 1. The van der Waals surface area contributed by atoms with Gasteiger partial charge in [0.1, 0.15) is 4.90 Å². The SMILES string of the molecule is Cc1cc(S(=O)(=O)Nc2cc(N)ccc2Cl)c(C)s1. The highest BCUT2D eigenvalue weighted by Gasteiger charge is 2.20. The number of aryl methyl sites for hydroxylation is 2. The molecule has 0 saturated heterocycles. The molecule has 1 aromatic carbocycles. The van der Waals surface area contributed by atoms with E-state index in [0.29, 0.717) is 10.7 Å². The lowest BCUT2D eigenvalue weighted by Gasteiger charge is -2.09. The van der Waals surface area contributed by atoms with Gasteiger partial charge in [-0.3, -0.25) is 4.72 Å². The van der Waals surface area contributed by atoms with Crippen LogP contribution >= 0.6 is 22.9 Å². The fourth-order valence-electron chi connectivity index (χ4n) is 1.70. The van der Waals surface area contributed by atoms with Crippen LogP contribution in [-0.4, -0.2) is 8.42 Å². The standard InChI is InChI=1S/C12H13ClN2O2S2/c1-7-5-12(8(2)18-7)19(16,17)15-11-6-9(14)3-4-10(11)13/h3-6,15H,14H2,1-2H3. The number of hydrogen-bond acceptors (Lipinski definition) is 4. The molecule has 0 aliphatic rings. The van der Waals surface area contributed by atoms with Gasteiger partial charge in [0.25, 0.3) is 10.0 Å². The molecule has 19 heavy (non-hydrogen) atoms. The van der Waals surface area contributed by atoms with Gasteiger partial charge in [0.15, 0.2) is 0 Å². The van der Waals surface area contributed by atoms with Gasteiger partial charge < -0.3 is 5.73 Å². The van der Waals surface area contributed by atoms with E-state index in [1.807, 2.05) is 6.92 Å². The number of nitrogens with one attached hydrogen (secondary N) is 1. The summed E-state index contributed by atoms with van der Waals surface area (Å²) in [7, 11) is -3.64. The highest BCUT2D eigenvalue weighted by molar-refractivity contribution is 7.93. The Labute approximate surface area is 121 Å². The van der Waals surface area contributed by atoms with Crippen molar-refractivity contribution < 1.29 is 8.42 Å². The lowest BCUT2D eigenvalue weighted by Crippen LogP contribution is -2.13. The quantitative estimate of drug-likeness (QED) is 0.852. The first kappa shape index (κ1) is 14.2. The number of sulfonamides is 1. The molecule has 0 saturated carbocycles. The molecule has 0 aliphatic heterocycles. The molecule has 7 heteroatoms. The van der Waals surface area contributed by atoms with Gasteiger partial charge in [-0.1, -0.05) is 11.6 Å². The summed E-state index contributed by atoms with van der Waals surface area (Å²) in [5, 5.41) is 0.308. The molecule has 0 fully saturated rings. The third-order valence-electron chi connectivity index (χ3n) is 2.52. The minimum atomic E-state index is -3.64. The molecular formula is C12H13ClN2O2S2. The molecule has 0 unspecified atom stereocenters. The van der Waals surface area contributed by atoms with Crippen LogP contribution in [0.25, 0.3) is 0 Å². The predicted octanol–water partition coefficient (Wildman–Crippen LogP) is 3.40. The van der Waals surface area contributed by atoms with Crippen molar-refractivity contribution in [2.24, 2.45) is 0 Å². The van der Waals surface area contributed by atoms with Crippen molar-refractivity contribution in [3.05, 3.63) is 39.0 Å². The highest BCUT2D eigenvalue weighted by atomic mass is 35.5. The van der Waals surface area contributed by atoms with Crippen LogP contribution in [0, 0.1) is 13.8 Å². The third-order valence-corrected chi connectivity index (χ3v) is 5.44. The third kappa shape index (κ3) is 3.02. The van der Waals surface area contributed by atoms with Gasteiger partial charge in [-0.2, -0.15) is 0 Å². The molecule has 0 radical (unpaired) electrons. The Hall–Kier alpha value is -1.24. The second-order valence-corrected chi connectivity index (χ2v) is 7.64. The summed E-state index contributed by atoms with van der Waals surface area (Å²) < 4.78 is 27.1. The molecule has 0 atom stereocenters. The monoisotopic (exact) mass is 316 g/mol. The average Bonchev–Trinajstić information content (AvgIpc) is 2.63. The molecule has 2 rings (SSSR count). The summed E-state index contributed by atoms with van der Waals surface area (Å²) in [6.45, 7) is 3.64. The topological polar surface area (TPSA) is 72.2 Å². The van der Waals surface area contributed by atoms with Crippen LogP contribution in [0.5, 0.6) is 0 Å². The van der Waals surface area contributed by atoms with Gasteiger partial charge >= 0.3 is 0 Å². The first-order valence-electron chi connectivity index (χ1n) is 5.44. The molecule has 0 amide bonds. The maximum absolute atomic E-state index is 12.3. The van der Waals surface area contributed by atoms with E-state index in [2.05, 4.69) is 4.72 Å². The molecule has 0 spiro atoms. The molecule has 3 N–H and O–H groups in total. The van der Waals surface area contributed by atoms with E-state index < -0.39 is 10.0 Å². The summed E-state index contributed by atoms with van der Waals surface area (Å²) in [6.07, 6.45) is 0. The van der Waals surface area contributed by atoms with Crippen molar-refractivity contribution in [1.82, 2.24) is 0 Å². The second-order valence-electron chi connectivity index (χ2n) is 4.12. The minimum Gasteiger partial charge on any atom is -0.399 e. The number of hydrogen-bond donors (Lipinski definition) is 2. The Bertz CT molecular complexity index is 723. The van der Waals surface area contributed by atoms with E-state index in [4.69, 9.17) is 17.3 Å². The molecule has 4 nitrogen and oxygen atoms in total. The van der Waals surface area contributed by atoms with Crippen LogP contribution in [0.15, 0.2) is 29.2 Å². The van der Waals surface area contributed by atoms with E-state index in [9.17, 15) is 8.42 Å². The van der Waals surface area contributed by atoms with Crippen LogP contribution in [0.3, 0.4) is 0 Å². The summed E-state index contributed by atoms with van der Waals surface area (Å²) in [6, 6.07) is 6.30. The fraction of sp³-hybridized carbons (Fsp3) is 0.167. The van der Waals surface area contributed by atoms with Crippen LogP contribution in [-0.2, 0) is 10.0 Å². The van der Waals surface area contributed by atoms with Crippen LogP contribution in [0.4, 0.5) is 11.4 Å². The summed E-state index contributed by atoms with van der Waals surface area (Å²) in [5.41, 5.74) is 6.35. The Morgan fingerprint density at radius 2 is 1.95 bits per heavy atom. The van der Waals surface area contributed by atoms with E-state index in [0.717, 1.165) is 9.75 Å². The number of nitrogen functional groups attached to an aromatic ring is 1. The predicted molar refractivity (Wildman–Crippen MR) is 80.5 cm³/mol. The zero-order valence-electron chi connectivity index (χ0n) is 10.4. The molecule has 0 aliphatic carbocycles. The average molecular weight is 317 g/mol. The van der Waals surface area contributed by atoms with Crippen molar-refractivity contribution in [2.75, 3.05) is 10.5 Å². The largest absolute Gasteiger partial charge is 0.399 e. The molecule has 2 aromatic rings. The number of anilines is 2. The van der Waals surface area contributed by atoms with Gasteiger partial charge in [0, 0.05) is 15.4 Å². The molecular weight excluding hydrogens is 304 g/mol. The van der Waals surface area contributed by atoms with Gasteiger partial charge in [-0.25, -0.2) is 8.42 Å². The number of benzene rings is 1. The lowest BCUT2D eigenvalue weighted by atomic mass is 10.3. The van der Waals surface area contributed by atoms with Crippen molar-refractivity contribution in [2.45, 2.75) is 18.7 Å². The Balaban J connectivity index is 2.42. The van der Waals surface area contributed by atoms with Crippen molar-refractivity contribution in [3.8, 4) is 0 Å². The number of nitrogens with two attached hydrogens (primary N) is 1. The van der Waals surface area contributed by atoms with Gasteiger partial charge in [-0.05, 0) is 38.1 Å². The maximum Gasteiger partial charge on any atom is 0.263 e. The second kappa shape index (κ2) is 5.03. The molecule has 0 bridgehead atoms. The Morgan fingerprint density at radius 1 is 1.26 bits per heavy atom. The van der Waals surface area contributed by atoms with E-state index >= 15 is 0 Å². The molecule has 1 heterocycles. The van der Waals surface area contributed by atoms with Crippen LogP contribution in [0.1, 0.15) is 9.75 Å². The van der Waals surface area contributed by atoms with E-state index in [1.165, 1.54) is 17.4 Å². The van der Waals surface area contributed by atoms with Gasteiger partial charge in [-0.15, -0.1) is 11.3 Å². The zero-order valence-corrected chi connectivity index (χ0v) is 12.8. The smallest absolute Gasteiger partial charge is 0.263 e. The van der Waals surface area contributed by atoms with Crippen LogP contribution in [0.2, 0.25) is 5.02 Å². The Morgan fingerprint density at radius 3 is 2.53 bits per heavy atom. The molecule has 102 valence electrons. The first-order chi connectivity index (χ1) is 8.79. The maximum atomic E-state index is 12.3. The summed E-state index contributed by atoms with van der Waals surface area (Å²) in [5.74, 6) is 0. The number of thiophene rings is 1. The van der Waals surface area contributed by atoms with Gasteiger partial charge in [0.2, 0.25) is 0 Å². The summed E-state index contributed by atoms with van der Waals surface area (Å²) in [4.78, 5) is 1.95.